The highest BCUT2D eigenvalue weighted by atomic mass is 35.5. The van der Waals surface area contributed by atoms with Crippen molar-refractivity contribution in [3.05, 3.63) is 130 Å². The Kier molecular flexibility index (Phi) is 8.15. The van der Waals surface area contributed by atoms with Gasteiger partial charge in [0, 0.05) is 16.1 Å². The Hall–Kier alpha value is -4.09. The number of hydrazone groups is 1. The van der Waals surface area contributed by atoms with Gasteiger partial charge in [-0.05, 0) is 66.6 Å². The number of carbonyl (C=O) groups is 1. The fourth-order valence-electron chi connectivity index (χ4n) is 3.24. The number of aryl methyl sites for hydroxylation is 1. The summed E-state index contributed by atoms with van der Waals surface area (Å²) in [5.74, 6) is 1.04. The first kappa shape index (κ1) is 24.0. The van der Waals surface area contributed by atoms with Crippen LogP contribution in [0.5, 0.6) is 11.5 Å². The molecular weight excluding hydrogens is 460 g/mol. The predicted molar refractivity (Wildman–Crippen MR) is 139 cm³/mol. The highest BCUT2D eigenvalue weighted by molar-refractivity contribution is 6.30. The molecule has 0 fully saturated rings. The zero-order valence-electron chi connectivity index (χ0n) is 19.3. The van der Waals surface area contributed by atoms with Crippen LogP contribution in [0.3, 0.4) is 0 Å². The van der Waals surface area contributed by atoms with Crippen LogP contribution in [0, 0.1) is 6.92 Å². The fourth-order valence-corrected chi connectivity index (χ4v) is 3.36. The number of hydrogen-bond donors (Lipinski definition) is 1. The lowest BCUT2D eigenvalue weighted by Gasteiger charge is -2.09. The standard InChI is InChI=1S/C29H25ClN2O3/c1-21-6-8-22(9-7-21)19-34-27-16-12-24(13-17-27)29(33)32-31-18-25-4-2-3-5-28(25)35-20-23-10-14-26(30)15-11-23/h2-18H,19-20H2,1H3,(H,32,33)/b31-18-. The van der Waals surface area contributed by atoms with Gasteiger partial charge in [0.1, 0.15) is 24.7 Å². The van der Waals surface area contributed by atoms with Gasteiger partial charge in [0.15, 0.2) is 0 Å². The molecule has 0 aromatic heterocycles. The van der Waals surface area contributed by atoms with Crippen LogP contribution in [-0.2, 0) is 13.2 Å². The first-order valence-corrected chi connectivity index (χ1v) is 11.5. The van der Waals surface area contributed by atoms with E-state index in [1.165, 1.54) is 5.56 Å². The number of ether oxygens (including phenoxy) is 2. The minimum absolute atomic E-state index is 0.314. The first-order chi connectivity index (χ1) is 17.1. The summed E-state index contributed by atoms with van der Waals surface area (Å²) >= 11 is 5.93. The van der Waals surface area contributed by atoms with Gasteiger partial charge in [0.05, 0.1) is 6.21 Å². The van der Waals surface area contributed by atoms with Gasteiger partial charge in [-0.25, -0.2) is 5.43 Å². The third-order valence-electron chi connectivity index (χ3n) is 5.24. The van der Waals surface area contributed by atoms with E-state index in [9.17, 15) is 4.79 Å². The van der Waals surface area contributed by atoms with Gasteiger partial charge in [-0.3, -0.25) is 4.79 Å². The Morgan fingerprint density at radius 2 is 1.46 bits per heavy atom. The van der Waals surface area contributed by atoms with E-state index in [1.807, 2.05) is 67.6 Å². The number of nitrogens with one attached hydrogen (secondary N) is 1. The molecule has 1 amide bonds. The molecule has 5 nitrogen and oxygen atoms in total. The van der Waals surface area contributed by atoms with Crippen LogP contribution >= 0.6 is 11.6 Å². The molecule has 0 atom stereocenters. The average molecular weight is 485 g/mol. The Morgan fingerprint density at radius 1 is 0.829 bits per heavy atom. The van der Waals surface area contributed by atoms with E-state index in [0.29, 0.717) is 35.3 Å². The third kappa shape index (κ3) is 7.19. The largest absolute Gasteiger partial charge is 0.489 e. The van der Waals surface area contributed by atoms with E-state index < -0.39 is 0 Å². The molecule has 35 heavy (non-hydrogen) atoms. The zero-order valence-corrected chi connectivity index (χ0v) is 20.0. The van der Waals surface area contributed by atoms with Gasteiger partial charge in [0.25, 0.3) is 5.91 Å². The summed E-state index contributed by atoms with van der Waals surface area (Å²) in [6, 6.07) is 30.1. The molecule has 0 saturated carbocycles. The fraction of sp³-hybridized carbons (Fsp3) is 0.103. The van der Waals surface area contributed by atoms with Crippen molar-refractivity contribution in [2.24, 2.45) is 5.10 Å². The Balaban J connectivity index is 1.30. The Morgan fingerprint density at radius 3 is 2.17 bits per heavy atom. The first-order valence-electron chi connectivity index (χ1n) is 11.1. The molecule has 0 unspecified atom stereocenters. The number of rotatable bonds is 9. The van der Waals surface area contributed by atoms with Crippen LogP contribution in [0.4, 0.5) is 0 Å². The topological polar surface area (TPSA) is 59.9 Å². The summed E-state index contributed by atoms with van der Waals surface area (Å²) in [5, 5.41) is 4.78. The van der Waals surface area contributed by atoms with E-state index in [2.05, 4.69) is 22.7 Å². The molecule has 6 heteroatoms. The Bertz CT molecular complexity index is 1290. The van der Waals surface area contributed by atoms with Crippen LogP contribution in [0.15, 0.2) is 102 Å². The maximum Gasteiger partial charge on any atom is 0.271 e. The lowest BCUT2D eigenvalue weighted by Crippen LogP contribution is -2.17. The maximum absolute atomic E-state index is 12.5. The van der Waals surface area contributed by atoms with Gasteiger partial charge in [0.2, 0.25) is 0 Å². The minimum atomic E-state index is -0.314. The van der Waals surface area contributed by atoms with Crippen LogP contribution in [-0.4, -0.2) is 12.1 Å². The summed E-state index contributed by atoms with van der Waals surface area (Å²) < 4.78 is 11.7. The normalized spacial score (nSPS) is 10.8. The third-order valence-corrected chi connectivity index (χ3v) is 5.49. The molecule has 4 rings (SSSR count). The monoisotopic (exact) mass is 484 g/mol. The number of benzene rings is 4. The Labute approximate surface area is 210 Å². The molecule has 4 aromatic rings. The van der Waals surface area contributed by atoms with Crippen LogP contribution < -0.4 is 14.9 Å². The molecule has 1 N–H and O–H groups in total. The van der Waals surface area contributed by atoms with E-state index in [0.717, 1.165) is 16.7 Å². The molecule has 0 aliphatic rings. The maximum atomic E-state index is 12.5. The van der Waals surface area contributed by atoms with Crippen molar-refractivity contribution in [1.82, 2.24) is 5.43 Å². The van der Waals surface area contributed by atoms with Crippen molar-refractivity contribution in [2.45, 2.75) is 20.1 Å². The molecule has 0 spiro atoms. The van der Waals surface area contributed by atoms with Crippen molar-refractivity contribution < 1.29 is 14.3 Å². The van der Waals surface area contributed by atoms with Crippen LogP contribution in [0.2, 0.25) is 5.02 Å². The SMILES string of the molecule is Cc1ccc(COc2ccc(C(=O)N/N=C\c3ccccc3OCc3ccc(Cl)cc3)cc2)cc1. The summed E-state index contributed by atoms with van der Waals surface area (Å²) in [7, 11) is 0. The number of carbonyl (C=O) groups excluding carboxylic acids is 1. The second-order valence-electron chi connectivity index (χ2n) is 7.95. The predicted octanol–water partition coefficient (Wildman–Crippen LogP) is 6.57. The smallest absolute Gasteiger partial charge is 0.271 e. The van der Waals surface area contributed by atoms with E-state index in [4.69, 9.17) is 21.1 Å². The molecule has 0 aliphatic carbocycles. The molecule has 0 aliphatic heterocycles. The molecule has 0 bridgehead atoms. The summed E-state index contributed by atoms with van der Waals surface area (Å²) in [4.78, 5) is 12.5. The second-order valence-corrected chi connectivity index (χ2v) is 8.39. The number of amides is 1. The van der Waals surface area contributed by atoms with Gasteiger partial charge in [-0.2, -0.15) is 5.10 Å². The van der Waals surface area contributed by atoms with Crippen molar-refractivity contribution >= 4 is 23.7 Å². The van der Waals surface area contributed by atoms with Gasteiger partial charge < -0.3 is 9.47 Å². The van der Waals surface area contributed by atoms with Crippen molar-refractivity contribution in [3.63, 3.8) is 0 Å². The average Bonchev–Trinajstić information content (AvgIpc) is 2.89. The lowest BCUT2D eigenvalue weighted by molar-refractivity contribution is 0.0955. The number of halogens is 1. The van der Waals surface area contributed by atoms with Gasteiger partial charge in [-0.1, -0.05) is 65.7 Å². The molecular formula is C29H25ClN2O3. The number of nitrogens with zero attached hydrogens (tertiary/aromatic N) is 1. The number of para-hydroxylation sites is 1. The second kappa shape index (κ2) is 11.9. The summed E-state index contributed by atoms with van der Waals surface area (Å²) in [6.07, 6.45) is 1.56. The van der Waals surface area contributed by atoms with Gasteiger partial charge in [-0.15, -0.1) is 0 Å². The van der Waals surface area contributed by atoms with E-state index in [-0.39, 0.29) is 5.91 Å². The minimum Gasteiger partial charge on any atom is -0.489 e. The highest BCUT2D eigenvalue weighted by Crippen LogP contribution is 2.19. The van der Waals surface area contributed by atoms with Crippen LogP contribution in [0.1, 0.15) is 32.6 Å². The molecule has 0 radical (unpaired) electrons. The highest BCUT2D eigenvalue weighted by Gasteiger charge is 2.06. The quantitative estimate of drug-likeness (QED) is 0.216. The van der Waals surface area contributed by atoms with Crippen molar-refractivity contribution in [3.8, 4) is 11.5 Å². The molecule has 176 valence electrons. The van der Waals surface area contributed by atoms with E-state index >= 15 is 0 Å². The summed E-state index contributed by atoms with van der Waals surface area (Å²) in [5.41, 5.74) is 7.09. The van der Waals surface area contributed by atoms with Crippen molar-refractivity contribution in [1.29, 1.82) is 0 Å². The van der Waals surface area contributed by atoms with Gasteiger partial charge >= 0.3 is 0 Å². The van der Waals surface area contributed by atoms with Crippen molar-refractivity contribution in [2.75, 3.05) is 0 Å². The number of hydrogen-bond acceptors (Lipinski definition) is 4. The summed E-state index contributed by atoms with van der Waals surface area (Å²) in [6.45, 7) is 2.91. The molecule has 0 saturated heterocycles. The lowest BCUT2D eigenvalue weighted by atomic mass is 10.2. The van der Waals surface area contributed by atoms with Crippen LogP contribution in [0.25, 0.3) is 0 Å². The van der Waals surface area contributed by atoms with E-state index in [1.54, 1.807) is 30.5 Å². The molecule has 0 heterocycles. The zero-order chi connectivity index (χ0) is 24.5. The molecule has 4 aromatic carbocycles.